The van der Waals surface area contributed by atoms with Gasteiger partial charge in [-0.25, -0.2) is 0 Å². The lowest BCUT2D eigenvalue weighted by molar-refractivity contribution is 0.410. The highest BCUT2D eigenvalue weighted by Crippen LogP contribution is 2.30. The Hall–Kier alpha value is -0.340. The van der Waals surface area contributed by atoms with Gasteiger partial charge in [0.25, 0.3) is 0 Å². The van der Waals surface area contributed by atoms with Crippen molar-refractivity contribution in [2.75, 3.05) is 6.54 Å². The maximum absolute atomic E-state index is 3.71. The molecule has 0 aliphatic heterocycles. The van der Waals surface area contributed by atoms with Crippen molar-refractivity contribution in [3.8, 4) is 0 Å². The summed E-state index contributed by atoms with van der Waals surface area (Å²) < 4.78 is 1.24. The smallest absolute Gasteiger partial charge is 0.0210 e. The van der Waals surface area contributed by atoms with Crippen LogP contribution in [-0.4, -0.2) is 12.6 Å². The number of benzene rings is 1. The first-order chi connectivity index (χ1) is 9.04. The van der Waals surface area contributed by atoms with Crippen molar-refractivity contribution >= 4 is 15.9 Å². The van der Waals surface area contributed by atoms with Gasteiger partial charge in [0, 0.05) is 17.1 Å². The van der Waals surface area contributed by atoms with Crippen molar-refractivity contribution in [3.63, 3.8) is 0 Å². The molecule has 0 bridgehead atoms. The highest BCUT2D eigenvalue weighted by Gasteiger charge is 2.17. The average Bonchev–Trinajstić information content (AvgIpc) is 2.35. The van der Waals surface area contributed by atoms with E-state index in [4.69, 9.17) is 0 Å². The minimum Gasteiger partial charge on any atom is -0.314 e. The van der Waals surface area contributed by atoms with Crippen LogP contribution >= 0.6 is 15.9 Å². The summed E-state index contributed by atoms with van der Waals surface area (Å²) >= 11 is 3.71. The van der Waals surface area contributed by atoms with Gasteiger partial charge in [-0.3, -0.25) is 0 Å². The first-order valence-electron chi connectivity index (χ1n) is 7.52. The molecule has 0 saturated carbocycles. The maximum Gasteiger partial charge on any atom is 0.0210 e. The molecule has 1 aromatic carbocycles. The molecule has 0 saturated heterocycles. The predicted molar refractivity (Wildman–Crippen MR) is 88.7 cm³/mol. The zero-order chi connectivity index (χ0) is 14.3. The van der Waals surface area contributed by atoms with Crippen LogP contribution in [0.1, 0.15) is 58.4 Å². The quantitative estimate of drug-likeness (QED) is 0.678. The third-order valence-electron chi connectivity index (χ3n) is 3.59. The summed E-state index contributed by atoms with van der Waals surface area (Å²) in [4.78, 5) is 0. The zero-order valence-corrected chi connectivity index (χ0v) is 14.3. The minimum absolute atomic E-state index is 0.548. The lowest BCUT2D eigenvalue weighted by Gasteiger charge is -2.24. The van der Waals surface area contributed by atoms with Crippen molar-refractivity contribution < 1.29 is 0 Å². The Balaban J connectivity index is 2.76. The molecule has 1 rings (SSSR count). The van der Waals surface area contributed by atoms with Gasteiger partial charge in [-0.2, -0.15) is 0 Å². The zero-order valence-electron chi connectivity index (χ0n) is 12.7. The largest absolute Gasteiger partial charge is 0.314 e. The van der Waals surface area contributed by atoms with Gasteiger partial charge in [0.15, 0.2) is 0 Å². The minimum atomic E-state index is 0.548. The van der Waals surface area contributed by atoms with Crippen molar-refractivity contribution in [2.45, 2.75) is 58.9 Å². The summed E-state index contributed by atoms with van der Waals surface area (Å²) in [5.74, 6) is 1.38. The van der Waals surface area contributed by atoms with Gasteiger partial charge in [0.05, 0.1) is 0 Å². The summed E-state index contributed by atoms with van der Waals surface area (Å²) in [6.07, 6.45) is 3.86. The monoisotopic (exact) mass is 325 g/mol. The Morgan fingerprint density at radius 2 is 1.84 bits per heavy atom. The Kier molecular flexibility index (Phi) is 7.70. The van der Waals surface area contributed by atoms with E-state index in [0.717, 1.165) is 12.5 Å². The van der Waals surface area contributed by atoms with E-state index in [9.17, 15) is 0 Å². The van der Waals surface area contributed by atoms with E-state index in [1.165, 1.54) is 29.3 Å². The van der Waals surface area contributed by atoms with Crippen molar-refractivity contribution in [1.82, 2.24) is 5.32 Å². The second-order valence-corrected chi connectivity index (χ2v) is 6.77. The van der Waals surface area contributed by atoms with E-state index in [1.54, 1.807) is 0 Å². The van der Waals surface area contributed by atoms with Gasteiger partial charge in [-0.15, -0.1) is 0 Å². The highest BCUT2D eigenvalue weighted by molar-refractivity contribution is 9.10. The first kappa shape index (κ1) is 16.7. The fraction of sp³-hybridized carbons (Fsp3) is 0.647. The summed E-state index contributed by atoms with van der Waals surface area (Å²) in [5.41, 5.74) is 1.44. The summed E-state index contributed by atoms with van der Waals surface area (Å²) in [6, 6.07) is 9.20. The number of halogens is 1. The van der Waals surface area contributed by atoms with Gasteiger partial charge in [0.2, 0.25) is 0 Å². The molecule has 0 aliphatic carbocycles. The Morgan fingerprint density at radius 3 is 2.42 bits per heavy atom. The number of nitrogens with one attached hydrogen (secondary N) is 1. The van der Waals surface area contributed by atoms with Gasteiger partial charge in [-0.05, 0) is 29.9 Å². The lowest BCUT2D eigenvalue weighted by atomic mass is 9.87. The molecular formula is C17H28BrN. The average molecular weight is 326 g/mol. The number of hydrogen-bond acceptors (Lipinski definition) is 1. The van der Waals surface area contributed by atoms with Crippen LogP contribution in [0.15, 0.2) is 28.7 Å². The summed E-state index contributed by atoms with van der Waals surface area (Å²) in [6.45, 7) is 10.1. The Bertz CT molecular complexity index is 362. The van der Waals surface area contributed by atoms with E-state index in [1.807, 2.05) is 0 Å². The molecule has 1 nitrogen and oxygen atoms in total. The van der Waals surface area contributed by atoms with Crippen LogP contribution < -0.4 is 5.32 Å². The van der Waals surface area contributed by atoms with Crippen LogP contribution in [0.4, 0.5) is 0 Å². The maximum atomic E-state index is 3.71. The standard InChI is InChI=1S/C17H28BrN/c1-5-8-14(4)11-15(12-19-13(2)3)16-9-6-7-10-17(16)18/h6-7,9-10,13-15,19H,5,8,11-12H2,1-4H3. The Labute approximate surface area is 127 Å². The van der Waals surface area contributed by atoms with Crippen LogP contribution in [-0.2, 0) is 0 Å². The molecule has 0 spiro atoms. The SMILES string of the molecule is CCCC(C)CC(CNC(C)C)c1ccccc1Br. The molecule has 1 aromatic rings. The van der Waals surface area contributed by atoms with Gasteiger partial charge in [-0.1, -0.05) is 74.7 Å². The van der Waals surface area contributed by atoms with Crippen LogP contribution in [0.5, 0.6) is 0 Å². The van der Waals surface area contributed by atoms with Crippen LogP contribution in [0.25, 0.3) is 0 Å². The molecule has 2 heteroatoms. The van der Waals surface area contributed by atoms with Gasteiger partial charge < -0.3 is 5.32 Å². The number of rotatable bonds is 8. The van der Waals surface area contributed by atoms with E-state index < -0.39 is 0 Å². The van der Waals surface area contributed by atoms with E-state index in [0.29, 0.717) is 12.0 Å². The molecule has 108 valence electrons. The topological polar surface area (TPSA) is 12.0 Å². The van der Waals surface area contributed by atoms with Crippen molar-refractivity contribution in [3.05, 3.63) is 34.3 Å². The van der Waals surface area contributed by atoms with Crippen molar-refractivity contribution in [1.29, 1.82) is 0 Å². The molecule has 0 aliphatic rings. The van der Waals surface area contributed by atoms with Crippen LogP contribution in [0.2, 0.25) is 0 Å². The molecule has 2 atom stereocenters. The van der Waals surface area contributed by atoms with E-state index in [2.05, 4.69) is 73.2 Å². The molecule has 1 N–H and O–H groups in total. The van der Waals surface area contributed by atoms with Crippen molar-refractivity contribution in [2.24, 2.45) is 5.92 Å². The lowest BCUT2D eigenvalue weighted by Crippen LogP contribution is -2.29. The third kappa shape index (κ3) is 6.09. The predicted octanol–water partition coefficient (Wildman–Crippen LogP) is 5.36. The normalized spacial score (nSPS) is 14.6. The molecular weight excluding hydrogens is 298 g/mol. The molecule has 19 heavy (non-hydrogen) atoms. The second-order valence-electron chi connectivity index (χ2n) is 5.91. The molecule has 0 fully saturated rings. The van der Waals surface area contributed by atoms with Crippen LogP contribution in [0, 0.1) is 5.92 Å². The Morgan fingerprint density at radius 1 is 1.16 bits per heavy atom. The number of hydrogen-bond donors (Lipinski definition) is 1. The van der Waals surface area contributed by atoms with E-state index in [-0.39, 0.29) is 0 Å². The molecule has 0 heterocycles. The molecule has 0 amide bonds. The van der Waals surface area contributed by atoms with E-state index >= 15 is 0 Å². The third-order valence-corrected chi connectivity index (χ3v) is 4.31. The van der Waals surface area contributed by atoms with Gasteiger partial charge >= 0.3 is 0 Å². The second kappa shape index (κ2) is 8.76. The highest BCUT2D eigenvalue weighted by atomic mass is 79.9. The fourth-order valence-electron chi connectivity index (χ4n) is 2.60. The first-order valence-corrected chi connectivity index (χ1v) is 8.31. The van der Waals surface area contributed by atoms with Crippen LogP contribution in [0.3, 0.4) is 0 Å². The summed E-state index contributed by atoms with van der Waals surface area (Å²) in [5, 5.41) is 3.60. The fourth-order valence-corrected chi connectivity index (χ4v) is 3.21. The summed E-state index contributed by atoms with van der Waals surface area (Å²) in [7, 11) is 0. The van der Waals surface area contributed by atoms with Gasteiger partial charge in [0.1, 0.15) is 0 Å². The molecule has 0 aromatic heterocycles. The molecule has 0 radical (unpaired) electrons. The molecule has 2 unspecified atom stereocenters.